The van der Waals surface area contributed by atoms with Crippen LogP contribution in [0.4, 0.5) is 5.69 Å². The van der Waals surface area contributed by atoms with Gasteiger partial charge in [-0.15, -0.1) is 0 Å². The molecule has 0 aliphatic heterocycles. The fourth-order valence-electron chi connectivity index (χ4n) is 2.02. The van der Waals surface area contributed by atoms with E-state index in [9.17, 15) is 4.79 Å². The first-order valence-electron chi connectivity index (χ1n) is 6.36. The maximum Gasteiger partial charge on any atom is 0.253 e. The highest BCUT2D eigenvalue weighted by molar-refractivity contribution is 6.34. The Hall–Kier alpha value is -2.01. The van der Waals surface area contributed by atoms with Gasteiger partial charge in [-0.1, -0.05) is 18.5 Å². The molecule has 0 saturated heterocycles. The number of nitrogens with one attached hydrogen (secondary N) is 1. The third kappa shape index (κ3) is 3.11. The summed E-state index contributed by atoms with van der Waals surface area (Å²) in [5.41, 5.74) is 8.54. The molecule has 0 aliphatic rings. The van der Waals surface area contributed by atoms with Gasteiger partial charge < -0.3 is 11.1 Å². The summed E-state index contributed by atoms with van der Waals surface area (Å²) in [6.45, 7) is 2.45. The summed E-state index contributed by atoms with van der Waals surface area (Å²) in [5.74, 6) is -0.242. The topological polar surface area (TPSA) is 72.9 Å². The lowest BCUT2D eigenvalue weighted by Crippen LogP contribution is -2.23. The highest BCUT2D eigenvalue weighted by Crippen LogP contribution is 2.19. The van der Waals surface area contributed by atoms with Crippen molar-refractivity contribution in [3.05, 3.63) is 46.2 Å². The molecule has 0 fully saturated rings. The molecular weight excluding hydrogens is 276 g/mol. The third-order valence-corrected chi connectivity index (χ3v) is 3.33. The van der Waals surface area contributed by atoms with Crippen molar-refractivity contribution >= 4 is 23.2 Å². The fraction of sp³-hybridized carbons (Fsp3) is 0.286. The number of hydrogen-bond donors (Lipinski definition) is 2. The highest BCUT2D eigenvalue weighted by atomic mass is 35.5. The van der Waals surface area contributed by atoms with E-state index in [1.807, 2.05) is 20.2 Å². The van der Waals surface area contributed by atoms with E-state index in [-0.39, 0.29) is 5.91 Å². The number of anilines is 1. The van der Waals surface area contributed by atoms with Gasteiger partial charge >= 0.3 is 0 Å². The van der Waals surface area contributed by atoms with Crippen LogP contribution >= 0.6 is 11.6 Å². The largest absolute Gasteiger partial charge is 0.399 e. The van der Waals surface area contributed by atoms with Crippen LogP contribution in [0.1, 0.15) is 28.5 Å². The highest BCUT2D eigenvalue weighted by Gasteiger charge is 2.12. The van der Waals surface area contributed by atoms with Crippen LogP contribution < -0.4 is 11.1 Å². The summed E-state index contributed by atoms with van der Waals surface area (Å²) in [4.78, 5) is 12.1. The van der Waals surface area contributed by atoms with E-state index >= 15 is 0 Å². The molecule has 0 saturated carbocycles. The lowest BCUT2D eigenvalue weighted by atomic mass is 10.1. The number of rotatable bonds is 4. The predicted octanol–water partition coefficient (Wildman–Crippen LogP) is 2.15. The molecule has 0 spiro atoms. The minimum absolute atomic E-state index is 0.242. The molecule has 1 heterocycles. The van der Waals surface area contributed by atoms with E-state index in [4.69, 9.17) is 17.3 Å². The van der Waals surface area contributed by atoms with E-state index < -0.39 is 0 Å². The third-order valence-electron chi connectivity index (χ3n) is 3.00. The number of halogens is 1. The Kier molecular flexibility index (Phi) is 4.29. The first-order chi connectivity index (χ1) is 9.51. The lowest BCUT2D eigenvalue weighted by Gasteiger charge is -2.07. The van der Waals surface area contributed by atoms with Crippen molar-refractivity contribution < 1.29 is 4.79 Å². The number of nitrogens with two attached hydrogens (primary N) is 1. The number of aromatic nitrogens is 2. The number of benzene rings is 1. The van der Waals surface area contributed by atoms with Crippen molar-refractivity contribution in [2.24, 2.45) is 7.05 Å². The predicted molar refractivity (Wildman–Crippen MR) is 79.6 cm³/mol. The van der Waals surface area contributed by atoms with Crippen LogP contribution in [0.2, 0.25) is 5.02 Å². The number of carbonyl (C=O) groups excluding carboxylic acids is 1. The molecule has 3 N–H and O–H groups in total. The van der Waals surface area contributed by atoms with Gasteiger partial charge in [0.15, 0.2) is 0 Å². The van der Waals surface area contributed by atoms with Gasteiger partial charge in [0, 0.05) is 31.0 Å². The van der Waals surface area contributed by atoms with Gasteiger partial charge in [-0.3, -0.25) is 9.48 Å². The Balaban J connectivity index is 2.10. The maximum absolute atomic E-state index is 12.1. The molecule has 2 aromatic rings. The molecule has 0 unspecified atom stereocenters. The summed E-state index contributed by atoms with van der Waals surface area (Å²) < 4.78 is 1.74. The zero-order chi connectivity index (χ0) is 14.7. The van der Waals surface area contributed by atoms with Crippen molar-refractivity contribution in [3.63, 3.8) is 0 Å². The van der Waals surface area contributed by atoms with Gasteiger partial charge in [-0.2, -0.15) is 5.10 Å². The molecule has 1 aromatic heterocycles. The number of nitrogens with zero attached hydrogens (tertiary/aromatic N) is 2. The number of nitrogen functional groups attached to an aromatic ring is 1. The van der Waals surface area contributed by atoms with Gasteiger partial charge in [0.2, 0.25) is 0 Å². The van der Waals surface area contributed by atoms with E-state index in [2.05, 4.69) is 10.4 Å². The van der Waals surface area contributed by atoms with Crippen LogP contribution in [0.3, 0.4) is 0 Å². The molecule has 0 atom stereocenters. The Bertz CT molecular complexity index is 636. The normalized spacial score (nSPS) is 10.6. The van der Waals surface area contributed by atoms with Crippen LogP contribution in [0.15, 0.2) is 24.4 Å². The number of hydrogen-bond acceptors (Lipinski definition) is 3. The van der Waals surface area contributed by atoms with E-state index in [0.717, 1.165) is 17.7 Å². The quantitative estimate of drug-likeness (QED) is 0.848. The average molecular weight is 293 g/mol. The van der Waals surface area contributed by atoms with Gasteiger partial charge in [0.05, 0.1) is 16.3 Å². The molecule has 0 aliphatic carbocycles. The molecule has 20 heavy (non-hydrogen) atoms. The van der Waals surface area contributed by atoms with Crippen LogP contribution in [-0.2, 0) is 20.0 Å². The Labute approximate surface area is 122 Å². The fourth-order valence-corrected chi connectivity index (χ4v) is 2.22. The lowest BCUT2D eigenvalue weighted by molar-refractivity contribution is 0.0951. The van der Waals surface area contributed by atoms with Gasteiger partial charge in [0.1, 0.15) is 0 Å². The number of aryl methyl sites for hydroxylation is 2. The van der Waals surface area contributed by atoms with Crippen molar-refractivity contribution in [3.8, 4) is 0 Å². The smallest absolute Gasteiger partial charge is 0.253 e. The second kappa shape index (κ2) is 5.96. The molecular formula is C14H17ClN4O. The zero-order valence-electron chi connectivity index (χ0n) is 11.5. The molecule has 0 radical (unpaired) electrons. The standard InChI is InChI=1S/C14H17ClN4O/c1-3-13-9(8-19(2)18-13)7-17-14(20)11-6-10(16)4-5-12(11)15/h4-6,8H,3,7,16H2,1-2H3,(H,17,20). The first kappa shape index (κ1) is 14.4. The summed E-state index contributed by atoms with van der Waals surface area (Å²) in [5, 5.41) is 7.56. The van der Waals surface area contributed by atoms with Gasteiger partial charge in [-0.25, -0.2) is 0 Å². The minimum Gasteiger partial charge on any atom is -0.399 e. The van der Waals surface area contributed by atoms with E-state index in [1.165, 1.54) is 0 Å². The molecule has 106 valence electrons. The number of carbonyl (C=O) groups is 1. The number of amides is 1. The molecule has 0 bridgehead atoms. The van der Waals surface area contributed by atoms with Crippen molar-refractivity contribution in [1.82, 2.24) is 15.1 Å². The van der Waals surface area contributed by atoms with Gasteiger partial charge in [0.25, 0.3) is 5.91 Å². The second-order valence-electron chi connectivity index (χ2n) is 4.55. The Morgan fingerprint density at radius 1 is 1.50 bits per heavy atom. The maximum atomic E-state index is 12.1. The second-order valence-corrected chi connectivity index (χ2v) is 4.96. The van der Waals surface area contributed by atoms with Crippen molar-refractivity contribution in [2.75, 3.05) is 5.73 Å². The molecule has 6 heteroatoms. The van der Waals surface area contributed by atoms with E-state index in [0.29, 0.717) is 22.8 Å². The van der Waals surface area contributed by atoms with E-state index in [1.54, 1.807) is 22.9 Å². The summed E-state index contributed by atoms with van der Waals surface area (Å²) in [7, 11) is 1.86. The minimum atomic E-state index is -0.242. The average Bonchev–Trinajstić information content (AvgIpc) is 2.79. The molecule has 1 aromatic carbocycles. The SMILES string of the molecule is CCc1nn(C)cc1CNC(=O)c1cc(N)ccc1Cl. The van der Waals surface area contributed by atoms with Crippen molar-refractivity contribution in [1.29, 1.82) is 0 Å². The van der Waals surface area contributed by atoms with Crippen LogP contribution in [-0.4, -0.2) is 15.7 Å². The Morgan fingerprint density at radius 2 is 2.25 bits per heavy atom. The molecule has 2 rings (SSSR count). The van der Waals surface area contributed by atoms with Gasteiger partial charge in [-0.05, 0) is 24.6 Å². The van der Waals surface area contributed by atoms with Crippen molar-refractivity contribution in [2.45, 2.75) is 19.9 Å². The molecule has 1 amide bonds. The first-order valence-corrected chi connectivity index (χ1v) is 6.73. The molecule has 5 nitrogen and oxygen atoms in total. The van der Waals surface area contributed by atoms with Crippen LogP contribution in [0, 0.1) is 0 Å². The zero-order valence-corrected chi connectivity index (χ0v) is 12.2. The monoisotopic (exact) mass is 292 g/mol. The summed E-state index contributed by atoms with van der Waals surface area (Å²) in [6, 6.07) is 4.85. The van der Waals surface area contributed by atoms with Crippen LogP contribution in [0.5, 0.6) is 0 Å². The summed E-state index contributed by atoms with van der Waals surface area (Å²) >= 11 is 6.00. The van der Waals surface area contributed by atoms with Crippen LogP contribution in [0.25, 0.3) is 0 Å². The Morgan fingerprint density at radius 3 is 2.95 bits per heavy atom. The summed E-state index contributed by atoms with van der Waals surface area (Å²) in [6.07, 6.45) is 2.73.